The minimum Gasteiger partial charge on any atom is -0.459 e. The Morgan fingerprint density at radius 2 is 0.544 bits per heavy atom. The van der Waals surface area contributed by atoms with E-state index in [1.807, 2.05) is 0 Å². The second kappa shape index (κ2) is 52.5. The van der Waals surface area contributed by atoms with Gasteiger partial charge in [0, 0.05) is 53.5 Å². The van der Waals surface area contributed by atoms with Gasteiger partial charge < -0.3 is 56.8 Å². The number of carbonyl (C=O) groups is 12. The third kappa shape index (κ3) is 35.1. The van der Waals surface area contributed by atoms with Crippen LogP contribution in [0.2, 0.25) is 0 Å². The van der Waals surface area contributed by atoms with Crippen LogP contribution in [0.5, 0.6) is 0 Å². The number of alkyl halides is 24. The normalized spacial score (nSPS) is 23.1. The molecule has 11 rings (SSSR count). The summed E-state index contributed by atoms with van der Waals surface area (Å²) in [6.07, 6.45) is -43.2. The fourth-order valence-electron chi connectivity index (χ4n) is 20.9. The Labute approximate surface area is 848 Å². The molecule has 48 heteroatoms. The third-order valence-corrected chi connectivity index (χ3v) is 28.1. The minimum absolute atomic E-state index is 0.00959. The maximum Gasteiger partial charge on any atom is 0.439 e. The van der Waals surface area contributed by atoms with Gasteiger partial charge in [0.1, 0.15) is 44.7 Å². The number of carbonyl (C=O) groups excluding carboxylic acids is 12. The third-order valence-electron chi connectivity index (χ3n) is 28.1. The van der Waals surface area contributed by atoms with Gasteiger partial charge in [-0.3, -0.25) is 24.0 Å². The summed E-state index contributed by atoms with van der Waals surface area (Å²) in [5.74, 6) is -16.4. The van der Waals surface area contributed by atoms with Crippen molar-refractivity contribution >= 4 is 71.6 Å². The number of hydrogen-bond acceptors (Lipinski definition) is 24. The maximum atomic E-state index is 14.2. The van der Waals surface area contributed by atoms with Crippen LogP contribution >= 0.6 is 0 Å². The molecule has 0 aliphatic heterocycles. The van der Waals surface area contributed by atoms with E-state index in [0.29, 0.717) is 76.0 Å². The molecule has 24 nitrogen and oxygen atoms in total. The van der Waals surface area contributed by atoms with Crippen molar-refractivity contribution < 1.29 is 220 Å². The van der Waals surface area contributed by atoms with Gasteiger partial charge in [0.05, 0.1) is 23.2 Å². The highest BCUT2D eigenvalue weighted by atomic mass is 19.4. The van der Waals surface area contributed by atoms with Crippen LogP contribution in [0.25, 0.3) is 0 Å². The predicted octanol–water partition coefficient (Wildman–Crippen LogP) is 24.6. The lowest BCUT2D eigenvalue weighted by atomic mass is 9.49. The Morgan fingerprint density at radius 3 is 0.799 bits per heavy atom. The summed E-state index contributed by atoms with van der Waals surface area (Å²) in [5, 5.41) is 0. The maximum absolute atomic E-state index is 14.2. The van der Waals surface area contributed by atoms with E-state index in [2.05, 4.69) is 70.8 Å². The molecule has 11 saturated carbocycles. The van der Waals surface area contributed by atoms with E-state index >= 15 is 0 Å². The first-order valence-corrected chi connectivity index (χ1v) is 49.3. The van der Waals surface area contributed by atoms with Crippen LogP contribution in [0.15, 0.2) is 60.8 Å². The highest BCUT2D eigenvalue weighted by Crippen LogP contribution is 2.64. The first-order valence-electron chi connectivity index (χ1n) is 49.3. The van der Waals surface area contributed by atoms with Gasteiger partial charge in [0.15, 0.2) is 0 Å². The average Bonchev–Trinajstić information content (AvgIpc) is 1.35. The zero-order chi connectivity index (χ0) is 114. The number of hydrogen-bond donors (Lipinski definition) is 0. The Morgan fingerprint density at radius 1 is 0.302 bits per heavy atom. The minimum atomic E-state index is -5.96. The number of halogens is 24. The number of rotatable bonds is 39. The van der Waals surface area contributed by atoms with Crippen molar-refractivity contribution in [3.8, 4) is 0 Å². The molecule has 11 fully saturated rings. The van der Waals surface area contributed by atoms with E-state index in [1.165, 1.54) is 41.0 Å². The van der Waals surface area contributed by atoms with Crippen LogP contribution in [0.4, 0.5) is 105 Å². The highest BCUT2D eigenvalue weighted by molar-refractivity contribution is 5.90. The van der Waals surface area contributed by atoms with Crippen LogP contribution in [-0.2, 0) is 114 Å². The largest absolute Gasteiger partial charge is 0.459 e. The van der Waals surface area contributed by atoms with Crippen LogP contribution < -0.4 is 0 Å². The van der Waals surface area contributed by atoms with Crippen molar-refractivity contribution in [3.05, 3.63) is 60.8 Å². The molecule has 0 radical (unpaired) electrons. The van der Waals surface area contributed by atoms with Crippen LogP contribution in [0.1, 0.15) is 289 Å². The standard InChI is InChI=1S/C24H32F6O4.C22H29F3O6.C20H28F6O4.C19H26F6O4.C16H21F3O6/c1-13(2)5-18(33-19(31)14(3)4)12-22(23(25,26)27,24(28,29)30)34-20(32)21-9-15-6-16(10-21)8-17(7-15)11-21;1-12(2)19(27)29-4-5-30-20(28)21(3,22(23,24)25)31-18(26)11-17-15-7-13-6-14(9-15)10-16(17)8-13;1-12(2)10-15(29-16(27)13(3)4)11-18(19(21,22)23,20(24,25)26)30-17(28)14-8-6-5-7-9-14;1-11(2)9-14(28-15(26)12(3)4)10-17(18(20,21)22,19(23,24)25)29-16(27)13-7-5-6-8-13;1-10(2)12(20)23-8-9-24-14(22)15(3,16(17,18)19)25-13(21)11-6-4-5-7-11/h13,15-18H,3,5-12H2,1-2,4H3;13-17H,1,4-11H2,2-3H3;12,14-15H,3,5-11H2,1-2,4H3;11,13-14H,3,5-10H2,1-2,4H3;11H,1,4-9H2,2-3H3. The monoisotopic (exact) mass is 2190 g/mol. The molecule has 11 aliphatic carbocycles. The van der Waals surface area contributed by atoms with Gasteiger partial charge in [-0.25, -0.2) is 33.6 Å². The van der Waals surface area contributed by atoms with E-state index < -0.39 is 236 Å². The molecule has 0 aromatic rings. The summed E-state index contributed by atoms with van der Waals surface area (Å²) in [6.45, 7) is 31.3. The molecule has 0 heterocycles. The molecule has 0 saturated heterocycles. The highest BCUT2D eigenvalue weighted by Gasteiger charge is 2.79. The molecule has 0 aromatic heterocycles. The van der Waals surface area contributed by atoms with Crippen molar-refractivity contribution in [1.29, 1.82) is 0 Å². The molecular formula is C101H136F24O24. The summed E-state index contributed by atoms with van der Waals surface area (Å²) in [4.78, 5) is 144. The van der Waals surface area contributed by atoms with Crippen LogP contribution in [-0.4, -0.2) is 194 Å². The predicted molar refractivity (Wildman–Crippen MR) is 480 cm³/mol. The molecule has 0 aromatic carbocycles. The van der Waals surface area contributed by atoms with E-state index in [1.54, 1.807) is 41.5 Å². The van der Waals surface area contributed by atoms with Gasteiger partial charge in [-0.1, -0.05) is 119 Å². The summed E-state index contributed by atoms with van der Waals surface area (Å²) in [7, 11) is 0. The molecule has 8 bridgehead atoms. The average molecular weight is 2190 g/mol. The molecule has 852 valence electrons. The Balaban J connectivity index is 0.000000328. The molecular weight excluding hydrogens is 2050 g/mol. The van der Waals surface area contributed by atoms with Crippen LogP contribution in [0, 0.1) is 88.3 Å². The van der Waals surface area contributed by atoms with Crippen molar-refractivity contribution in [2.75, 3.05) is 26.4 Å². The van der Waals surface area contributed by atoms with Crippen molar-refractivity contribution in [3.63, 3.8) is 0 Å². The molecule has 0 spiro atoms. The zero-order valence-electron chi connectivity index (χ0n) is 85.5. The van der Waals surface area contributed by atoms with E-state index in [0.717, 1.165) is 64.2 Å². The Kier molecular flexibility index (Phi) is 45.9. The molecule has 5 atom stereocenters. The lowest BCUT2D eigenvalue weighted by molar-refractivity contribution is -0.378. The second-order valence-corrected chi connectivity index (χ2v) is 42.5. The Hall–Kier alpha value is -9.34. The molecule has 0 N–H and O–H groups in total. The lowest BCUT2D eigenvalue weighted by Gasteiger charge is -2.55. The van der Waals surface area contributed by atoms with Gasteiger partial charge in [-0.2, -0.15) is 105 Å². The number of esters is 12. The fraction of sp³-hybridized carbons (Fsp3) is 0.782. The molecule has 11 aliphatic rings. The van der Waals surface area contributed by atoms with E-state index in [4.69, 9.17) is 18.9 Å². The topological polar surface area (TPSA) is 316 Å². The lowest BCUT2D eigenvalue weighted by Crippen LogP contribution is -2.63. The van der Waals surface area contributed by atoms with Gasteiger partial charge in [0.2, 0.25) is 0 Å². The summed E-state index contributed by atoms with van der Waals surface area (Å²) in [5.41, 5.74) is -22.8. The summed E-state index contributed by atoms with van der Waals surface area (Å²) >= 11 is 0. The van der Waals surface area contributed by atoms with E-state index in [-0.39, 0.29) is 140 Å². The van der Waals surface area contributed by atoms with E-state index in [9.17, 15) is 163 Å². The van der Waals surface area contributed by atoms with Crippen molar-refractivity contribution in [2.45, 2.75) is 385 Å². The number of ether oxygens (including phenoxy) is 12. The molecule has 0 amide bonds. The van der Waals surface area contributed by atoms with Crippen molar-refractivity contribution in [2.24, 2.45) is 88.3 Å². The van der Waals surface area contributed by atoms with Crippen molar-refractivity contribution in [1.82, 2.24) is 0 Å². The first-order chi connectivity index (χ1) is 68.1. The Bertz CT molecular complexity index is 4530. The van der Waals surface area contributed by atoms with Gasteiger partial charge in [0.25, 0.3) is 11.2 Å². The summed E-state index contributed by atoms with van der Waals surface area (Å²) in [6, 6.07) is 0. The van der Waals surface area contributed by atoms with Gasteiger partial charge in [-0.05, 0) is 242 Å². The smallest absolute Gasteiger partial charge is 0.439 e. The second-order valence-electron chi connectivity index (χ2n) is 42.5. The van der Waals surface area contributed by atoms with Crippen LogP contribution in [0.3, 0.4) is 0 Å². The van der Waals surface area contributed by atoms with Gasteiger partial charge >= 0.3 is 138 Å². The quantitative estimate of drug-likeness (QED) is 0.0181. The first kappa shape index (κ1) is 130. The van der Waals surface area contributed by atoms with Gasteiger partial charge in [-0.15, -0.1) is 0 Å². The fourth-order valence-corrected chi connectivity index (χ4v) is 20.9. The SMILES string of the molecule is C=C(C)C(=O)OC(CC(C)C)CC(OC(=O)C12CC3CC(CC(C3)C1)C2)(C(F)(F)F)C(F)(F)F.C=C(C)C(=O)OC(CC(C)C)CC(OC(=O)C1CCCC1)(C(F)(F)F)C(F)(F)F.C=C(C)C(=O)OC(CC(C)C)CC(OC(=O)C1CCCCC1)(C(F)(F)F)C(F)(F)F.C=C(C)C(=O)OCCOC(=O)C(C)(OC(=O)C1CCCC1)C(F)(F)F.C=C(C)C(=O)OCCOC(=O)C(C)(OC(=O)CC1C2CC3CC(C2)CC1C3)C(F)(F)F. The molecule has 5 unspecified atom stereocenters. The molecule has 149 heavy (non-hydrogen) atoms. The summed E-state index contributed by atoms with van der Waals surface area (Å²) < 4.78 is 387. The zero-order valence-corrected chi connectivity index (χ0v) is 85.5.